The number of carbonyl (C=O) groups is 1. The molecule has 1 amide bonds. The number of hydrogen-bond acceptors (Lipinski definition) is 5. The highest BCUT2D eigenvalue weighted by atomic mass is 19.1. The van der Waals surface area contributed by atoms with E-state index in [1.54, 1.807) is 35.2 Å². The van der Waals surface area contributed by atoms with Crippen molar-refractivity contribution in [1.29, 1.82) is 0 Å². The highest BCUT2D eigenvalue weighted by molar-refractivity contribution is 5.78. The zero-order valence-corrected chi connectivity index (χ0v) is 25.1. The van der Waals surface area contributed by atoms with Crippen LogP contribution in [-0.4, -0.2) is 58.4 Å². The van der Waals surface area contributed by atoms with Gasteiger partial charge in [0.05, 0.1) is 17.8 Å². The SMILES string of the molecule is COCC(=O)N(CCC(CF)Nc1ccccc1)C(c1nc(-c2cccc(F)c2)cn1Cc1cccc(O)c1)C(C)(C)C. The summed E-state index contributed by atoms with van der Waals surface area (Å²) in [5.41, 5.74) is 2.27. The summed E-state index contributed by atoms with van der Waals surface area (Å²) in [6.45, 7) is 5.90. The molecule has 228 valence electrons. The lowest BCUT2D eigenvalue weighted by atomic mass is 9.84. The maximum atomic E-state index is 14.2. The van der Waals surface area contributed by atoms with Crippen molar-refractivity contribution in [1.82, 2.24) is 14.5 Å². The second kappa shape index (κ2) is 14.3. The Morgan fingerprint density at radius 3 is 2.47 bits per heavy atom. The molecule has 0 aliphatic rings. The van der Waals surface area contributed by atoms with Crippen molar-refractivity contribution in [3.8, 4) is 17.0 Å². The highest BCUT2D eigenvalue weighted by Crippen LogP contribution is 2.39. The Hall–Kier alpha value is -4.24. The molecule has 0 fully saturated rings. The largest absolute Gasteiger partial charge is 0.508 e. The van der Waals surface area contributed by atoms with Gasteiger partial charge in [-0.25, -0.2) is 13.8 Å². The topological polar surface area (TPSA) is 79.6 Å². The van der Waals surface area contributed by atoms with E-state index in [-0.39, 0.29) is 30.6 Å². The summed E-state index contributed by atoms with van der Waals surface area (Å²) in [6.07, 6.45) is 2.19. The Balaban J connectivity index is 1.77. The van der Waals surface area contributed by atoms with E-state index in [2.05, 4.69) is 5.32 Å². The van der Waals surface area contributed by atoms with Gasteiger partial charge < -0.3 is 24.6 Å². The molecule has 0 saturated carbocycles. The van der Waals surface area contributed by atoms with E-state index < -0.39 is 24.2 Å². The second-order valence-corrected chi connectivity index (χ2v) is 11.7. The number of halogens is 2. The number of aromatic hydroxyl groups is 1. The van der Waals surface area contributed by atoms with Crippen molar-refractivity contribution >= 4 is 11.6 Å². The number of anilines is 1. The lowest BCUT2D eigenvalue weighted by Crippen LogP contribution is -2.45. The lowest BCUT2D eigenvalue weighted by molar-refractivity contribution is -0.140. The number of nitrogens with one attached hydrogen (secondary N) is 1. The monoisotopic (exact) mass is 590 g/mol. The number of phenols is 1. The van der Waals surface area contributed by atoms with Gasteiger partial charge in [-0.05, 0) is 53.8 Å². The number of carbonyl (C=O) groups excluding carboxylic acids is 1. The van der Waals surface area contributed by atoms with E-state index >= 15 is 0 Å². The van der Waals surface area contributed by atoms with Gasteiger partial charge in [0.2, 0.25) is 5.91 Å². The van der Waals surface area contributed by atoms with E-state index in [9.17, 15) is 18.7 Å². The Kier molecular flexibility index (Phi) is 10.5. The van der Waals surface area contributed by atoms with Crippen LogP contribution < -0.4 is 5.32 Å². The number of amides is 1. The van der Waals surface area contributed by atoms with Crippen LogP contribution in [0.3, 0.4) is 0 Å². The van der Waals surface area contributed by atoms with Crippen LogP contribution in [0.25, 0.3) is 11.3 Å². The average Bonchev–Trinajstić information content (AvgIpc) is 3.37. The fraction of sp³-hybridized carbons (Fsp3) is 0.353. The molecule has 4 aromatic rings. The lowest BCUT2D eigenvalue weighted by Gasteiger charge is -2.40. The van der Waals surface area contributed by atoms with Crippen LogP contribution in [0.4, 0.5) is 14.5 Å². The van der Waals surface area contributed by atoms with Gasteiger partial charge in [-0.2, -0.15) is 0 Å². The molecule has 3 aromatic carbocycles. The number of hydrogen-bond donors (Lipinski definition) is 2. The number of para-hydroxylation sites is 1. The first kappa shape index (κ1) is 31.7. The number of imidazole rings is 1. The number of nitrogens with zero attached hydrogens (tertiary/aromatic N) is 3. The normalized spacial score (nSPS) is 13.0. The summed E-state index contributed by atoms with van der Waals surface area (Å²) < 4.78 is 35.6. The van der Waals surface area contributed by atoms with Crippen molar-refractivity contribution < 1.29 is 23.4 Å². The zero-order chi connectivity index (χ0) is 31.0. The van der Waals surface area contributed by atoms with E-state index in [1.165, 1.54) is 19.2 Å². The standard InChI is InChI=1S/C34H40F2N4O3/c1-34(2,3)32(40(31(42)23-43-4)17-16-28(20-35)37-27-13-6-5-7-14-27)33-38-30(25-11-9-12-26(36)19-25)22-39(33)21-24-10-8-15-29(41)18-24/h5-15,18-19,22,28,32,37,41H,16-17,20-21,23H2,1-4H3. The van der Waals surface area contributed by atoms with Crippen molar-refractivity contribution in [3.63, 3.8) is 0 Å². The maximum Gasteiger partial charge on any atom is 0.249 e. The van der Waals surface area contributed by atoms with Gasteiger partial charge >= 0.3 is 0 Å². The summed E-state index contributed by atoms with van der Waals surface area (Å²) in [5.74, 6) is 0.0948. The molecule has 7 nitrogen and oxygen atoms in total. The Labute approximate surface area is 252 Å². The third-order valence-electron chi connectivity index (χ3n) is 7.21. The molecule has 9 heteroatoms. The number of rotatable bonds is 13. The molecule has 0 radical (unpaired) electrons. The molecular weight excluding hydrogens is 550 g/mol. The molecule has 1 aromatic heterocycles. The molecule has 0 aliphatic carbocycles. The summed E-state index contributed by atoms with van der Waals surface area (Å²) in [7, 11) is 1.47. The van der Waals surface area contributed by atoms with Crippen LogP contribution in [0.2, 0.25) is 0 Å². The van der Waals surface area contributed by atoms with Gasteiger partial charge in [-0.15, -0.1) is 0 Å². The van der Waals surface area contributed by atoms with Crippen molar-refractivity contribution in [2.75, 3.05) is 32.3 Å². The predicted molar refractivity (Wildman–Crippen MR) is 165 cm³/mol. The number of alkyl halides is 1. The number of methoxy groups -OCH3 is 1. The number of aromatic nitrogens is 2. The quantitative estimate of drug-likeness (QED) is 0.178. The third-order valence-corrected chi connectivity index (χ3v) is 7.21. The van der Waals surface area contributed by atoms with Gasteiger partial charge in [0.25, 0.3) is 0 Å². The van der Waals surface area contributed by atoms with Crippen LogP contribution in [-0.2, 0) is 16.1 Å². The third kappa shape index (κ3) is 8.41. The van der Waals surface area contributed by atoms with Crippen molar-refractivity contribution in [2.24, 2.45) is 5.41 Å². The summed E-state index contributed by atoms with van der Waals surface area (Å²) in [6, 6.07) is 21.5. The predicted octanol–water partition coefficient (Wildman–Crippen LogP) is 6.85. The maximum absolute atomic E-state index is 14.2. The highest BCUT2D eigenvalue weighted by Gasteiger charge is 2.38. The fourth-order valence-corrected chi connectivity index (χ4v) is 5.26. The van der Waals surface area contributed by atoms with Crippen LogP contribution in [0, 0.1) is 11.2 Å². The molecule has 0 bridgehead atoms. The van der Waals surface area contributed by atoms with Crippen LogP contribution in [0.5, 0.6) is 5.75 Å². The van der Waals surface area contributed by atoms with E-state index in [0.29, 0.717) is 30.0 Å². The molecule has 2 atom stereocenters. The van der Waals surface area contributed by atoms with E-state index in [1.807, 2.05) is 67.9 Å². The molecule has 43 heavy (non-hydrogen) atoms. The molecule has 0 aliphatic heterocycles. The minimum atomic E-state index is -0.614. The summed E-state index contributed by atoms with van der Waals surface area (Å²) >= 11 is 0. The number of phenolic OH excluding ortho intramolecular Hbond substituents is 1. The van der Waals surface area contributed by atoms with Gasteiger partial charge in [0, 0.05) is 37.6 Å². The Bertz CT molecular complexity index is 1490. The van der Waals surface area contributed by atoms with Crippen LogP contribution >= 0.6 is 0 Å². The number of benzene rings is 3. The van der Waals surface area contributed by atoms with Gasteiger partial charge in [-0.3, -0.25) is 4.79 Å². The molecule has 0 saturated heterocycles. The molecule has 2 N–H and O–H groups in total. The van der Waals surface area contributed by atoms with Crippen LogP contribution in [0.15, 0.2) is 85.1 Å². The molecule has 2 unspecified atom stereocenters. The molecular formula is C34H40F2N4O3. The first-order valence-electron chi connectivity index (χ1n) is 14.4. The molecule has 0 spiro atoms. The van der Waals surface area contributed by atoms with E-state index in [4.69, 9.17) is 9.72 Å². The van der Waals surface area contributed by atoms with Crippen molar-refractivity contribution in [3.05, 3.63) is 102 Å². The van der Waals surface area contributed by atoms with Gasteiger partial charge in [-0.1, -0.05) is 63.2 Å². The van der Waals surface area contributed by atoms with Gasteiger partial charge in [0.15, 0.2) is 0 Å². The summed E-state index contributed by atoms with van der Waals surface area (Å²) in [4.78, 5) is 20.4. The smallest absolute Gasteiger partial charge is 0.249 e. The Morgan fingerprint density at radius 2 is 1.81 bits per heavy atom. The van der Waals surface area contributed by atoms with Crippen LogP contribution in [0.1, 0.15) is 44.6 Å². The minimum Gasteiger partial charge on any atom is -0.508 e. The van der Waals surface area contributed by atoms with E-state index in [0.717, 1.165) is 11.3 Å². The number of ether oxygens (including phenoxy) is 1. The first-order chi connectivity index (χ1) is 20.6. The molecule has 4 rings (SSSR count). The second-order valence-electron chi connectivity index (χ2n) is 11.7. The zero-order valence-electron chi connectivity index (χ0n) is 25.1. The van der Waals surface area contributed by atoms with Crippen molar-refractivity contribution in [2.45, 2.75) is 45.8 Å². The average molecular weight is 591 g/mol. The fourth-order valence-electron chi connectivity index (χ4n) is 5.26. The van der Waals surface area contributed by atoms with Gasteiger partial charge in [0.1, 0.15) is 30.7 Å². The minimum absolute atomic E-state index is 0.136. The molecule has 1 heterocycles. The first-order valence-corrected chi connectivity index (χ1v) is 14.4. The Morgan fingerprint density at radius 1 is 1.07 bits per heavy atom. The summed E-state index contributed by atoms with van der Waals surface area (Å²) in [5, 5.41) is 13.3.